The number of aryl methyl sites for hydroxylation is 1. The fourth-order valence-corrected chi connectivity index (χ4v) is 4.48. The second kappa shape index (κ2) is 13.1. The lowest BCUT2D eigenvalue weighted by molar-refractivity contribution is -0.153. The summed E-state index contributed by atoms with van der Waals surface area (Å²) in [6.07, 6.45) is 0.662. The van der Waals surface area contributed by atoms with Crippen LogP contribution in [0.4, 0.5) is 10.1 Å². The normalized spacial score (nSPS) is 15.4. The van der Waals surface area contributed by atoms with Crippen LogP contribution in [0.2, 0.25) is 0 Å². The smallest absolute Gasteiger partial charge is 0.273 e. The van der Waals surface area contributed by atoms with Crippen molar-refractivity contribution < 1.29 is 28.7 Å². The zero-order chi connectivity index (χ0) is 25.2. The van der Waals surface area contributed by atoms with Gasteiger partial charge in [0.25, 0.3) is 5.91 Å². The molecule has 0 saturated carbocycles. The first kappa shape index (κ1) is 26.4. The number of rotatable bonds is 11. The highest BCUT2D eigenvalue weighted by Gasteiger charge is 2.37. The Labute approximate surface area is 205 Å². The molecule has 9 heteroatoms. The molecule has 0 aliphatic carbocycles. The lowest BCUT2D eigenvalue weighted by Crippen LogP contribution is -2.54. The number of nitrogens with one attached hydrogen (secondary N) is 1. The van der Waals surface area contributed by atoms with Gasteiger partial charge in [-0.1, -0.05) is 24.3 Å². The maximum Gasteiger partial charge on any atom is 0.273 e. The Kier molecular flexibility index (Phi) is 9.86. The van der Waals surface area contributed by atoms with E-state index in [1.54, 1.807) is 28.6 Å². The highest BCUT2D eigenvalue weighted by molar-refractivity contribution is 5.89. The van der Waals surface area contributed by atoms with E-state index in [2.05, 4.69) is 0 Å². The van der Waals surface area contributed by atoms with E-state index >= 15 is 0 Å². The van der Waals surface area contributed by atoms with Crippen LogP contribution >= 0.6 is 0 Å². The van der Waals surface area contributed by atoms with Gasteiger partial charge in [0.2, 0.25) is 5.91 Å². The monoisotopic (exact) mass is 487 g/mol. The molecule has 2 atom stereocenters. The molecule has 1 aliphatic rings. The molecule has 0 radical (unpaired) electrons. The molecular formula is C26H34FN3O5. The maximum atomic E-state index is 14.2. The van der Waals surface area contributed by atoms with E-state index < -0.39 is 17.9 Å². The Bertz CT molecular complexity index is 964. The molecule has 1 heterocycles. The van der Waals surface area contributed by atoms with E-state index in [4.69, 9.17) is 9.47 Å². The Morgan fingerprint density at radius 2 is 1.77 bits per heavy atom. The van der Waals surface area contributed by atoms with Gasteiger partial charge < -0.3 is 19.3 Å². The molecule has 2 N–H and O–H groups in total. The molecular weight excluding hydrogens is 453 g/mol. The Balaban J connectivity index is 1.64. The molecule has 2 aromatic carbocycles. The first-order valence-corrected chi connectivity index (χ1v) is 11.9. The molecule has 1 saturated heterocycles. The number of anilines is 1. The van der Waals surface area contributed by atoms with E-state index in [0.717, 1.165) is 11.3 Å². The summed E-state index contributed by atoms with van der Waals surface area (Å²) in [6, 6.07) is 14.4. The molecule has 0 bridgehead atoms. The molecule has 190 valence electrons. The van der Waals surface area contributed by atoms with E-state index in [1.807, 2.05) is 36.1 Å². The van der Waals surface area contributed by atoms with Crippen molar-refractivity contribution in [1.29, 1.82) is 0 Å². The molecule has 35 heavy (non-hydrogen) atoms. The van der Waals surface area contributed by atoms with Crippen molar-refractivity contribution in [2.45, 2.75) is 32.3 Å². The highest BCUT2D eigenvalue weighted by atomic mass is 19.1. The van der Waals surface area contributed by atoms with Crippen LogP contribution in [0.25, 0.3) is 0 Å². The van der Waals surface area contributed by atoms with Gasteiger partial charge in [0, 0.05) is 33.3 Å². The average Bonchev–Trinajstić information content (AvgIpc) is 2.89. The lowest BCUT2D eigenvalue weighted by atomic mass is 9.92. The number of ether oxygens (including phenoxy) is 2. The Morgan fingerprint density at radius 3 is 2.37 bits per heavy atom. The topological polar surface area (TPSA) is 91.3 Å². The summed E-state index contributed by atoms with van der Waals surface area (Å²) in [5.74, 6) is -1.21. The van der Waals surface area contributed by atoms with Crippen LogP contribution in [0, 0.1) is 11.7 Å². The minimum Gasteiger partial charge on any atom is -0.494 e. The third kappa shape index (κ3) is 6.93. The number of halogens is 1. The molecule has 0 spiro atoms. The third-order valence-electron chi connectivity index (χ3n) is 6.30. The van der Waals surface area contributed by atoms with Gasteiger partial charge >= 0.3 is 0 Å². The highest BCUT2D eigenvalue weighted by Crippen LogP contribution is 2.24. The fourth-order valence-electron chi connectivity index (χ4n) is 4.48. The summed E-state index contributed by atoms with van der Waals surface area (Å²) in [4.78, 5) is 29.3. The van der Waals surface area contributed by atoms with Gasteiger partial charge in [0.15, 0.2) is 0 Å². The molecule has 2 aromatic rings. The summed E-state index contributed by atoms with van der Waals surface area (Å²) in [5, 5.41) is 9.18. The van der Waals surface area contributed by atoms with Crippen molar-refractivity contribution in [3.63, 3.8) is 0 Å². The summed E-state index contributed by atoms with van der Waals surface area (Å²) >= 11 is 0. The van der Waals surface area contributed by atoms with Crippen LogP contribution in [-0.2, 0) is 20.7 Å². The number of methoxy groups -OCH3 is 1. The molecule has 2 amide bonds. The molecule has 1 fully saturated rings. The van der Waals surface area contributed by atoms with Crippen LogP contribution in [0.1, 0.15) is 25.3 Å². The summed E-state index contributed by atoms with van der Waals surface area (Å²) < 4.78 is 25.0. The number of amides is 2. The predicted octanol–water partition coefficient (Wildman–Crippen LogP) is 3.03. The third-order valence-corrected chi connectivity index (χ3v) is 6.30. The van der Waals surface area contributed by atoms with Crippen LogP contribution in [-0.4, -0.2) is 67.9 Å². The predicted molar refractivity (Wildman–Crippen MR) is 130 cm³/mol. The largest absolute Gasteiger partial charge is 0.494 e. The number of piperazine rings is 1. The molecule has 0 unspecified atom stereocenters. The van der Waals surface area contributed by atoms with Gasteiger partial charge in [0.05, 0.1) is 18.2 Å². The van der Waals surface area contributed by atoms with Crippen LogP contribution < -0.4 is 15.1 Å². The van der Waals surface area contributed by atoms with Crippen molar-refractivity contribution in [2.75, 3.05) is 44.8 Å². The van der Waals surface area contributed by atoms with E-state index in [1.165, 1.54) is 13.2 Å². The van der Waals surface area contributed by atoms with Crippen molar-refractivity contribution in [3.8, 4) is 5.75 Å². The van der Waals surface area contributed by atoms with Gasteiger partial charge in [-0.25, -0.2) is 9.87 Å². The molecule has 3 rings (SSSR count). The van der Waals surface area contributed by atoms with E-state index in [-0.39, 0.29) is 11.7 Å². The van der Waals surface area contributed by atoms with Crippen LogP contribution in [0.15, 0.2) is 48.5 Å². The zero-order valence-corrected chi connectivity index (χ0v) is 20.3. The molecule has 8 nitrogen and oxygen atoms in total. The van der Waals surface area contributed by atoms with Crippen molar-refractivity contribution in [2.24, 2.45) is 5.92 Å². The quantitative estimate of drug-likeness (QED) is 0.374. The Morgan fingerprint density at radius 1 is 1.09 bits per heavy atom. The summed E-state index contributed by atoms with van der Waals surface area (Å²) in [6.45, 7) is 4.30. The van der Waals surface area contributed by atoms with Crippen LogP contribution in [0.3, 0.4) is 0 Å². The number of nitrogens with zero attached hydrogens (tertiary/aromatic N) is 2. The first-order valence-electron chi connectivity index (χ1n) is 11.9. The number of hydrogen-bond acceptors (Lipinski definition) is 6. The van der Waals surface area contributed by atoms with Gasteiger partial charge in [-0.15, -0.1) is 0 Å². The van der Waals surface area contributed by atoms with E-state index in [9.17, 15) is 19.2 Å². The number of hydroxylamine groups is 1. The van der Waals surface area contributed by atoms with Gasteiger partial charge in [-0.2, -0.15) is 0 Å². The van der Waals surface area contributed by atoms with Gasteiger partial charge in [-0.3, -0.25) is 14.8 Å². The minimum absolute atomic E-state index is 0.208. The standard InChI is InChI=1S/C26H34FN3O5/c1-3-35-20-13-11-19(12-14-20)7-6-8-21(24(34-2)25(31)28-33)26(32)30-17-15-29(16-18-30)23-10-5-4-9-22(23)27/h4-5,9-14,21,24,33H,3,6-8,15-18H2,1-2H3,(H,28,31)/t21-,24+/m1/s1. The maximum absolute atomic E-state index is 14.2. The Hall–Kier alpha value is -3.17. The molecule has 0 aromatic heterocycles. The summed E-state index contributed by atoms with van der Waals surface area (Å²) in [7, 11) is 1.35. The number of carbonyl (C=O) groups excluding carboxylic acids is 2. The lowest BCUT2D eigenvalue weighted by Gasteiger charge is -2.38. The van der Waals surface area contributed by atoms with Crippen molar-refractivity contribution in [1.82, 2.24) is 10.4 Å². The number of benzene rings is 2. The van der Waals surface area contributed by atoms with Crippen LogP contribution in [0.5, 0.6) is 5.75 Å². The number of carbonyl (C=O) groups is 2. The van der Waals surface area contributed by atoms with Gasteiger partial charge in [-0.05, 0) is 56.0 Å². The van der Waals surface area contributed by atoms with Crippen molar-refractivity contribution >= 4 is 17.5 Å². The second-order valence-corrected chi connectivity index (χ2v) is 8.47. The average molecular weight is 488 g/mol. The molecule has 1 aliphatic heterocycles. The first-order chi connectivity index (χ1) is 17.0. The SMILES string of the molecule is CCOc1ccc(CCC[C@@H](C(=O)N2CCN(c3ccccc3F)CC2)[C@H](OC)C(=O)NO)cc1. The second-order valence-electron chi connectivity index (χ2n) is 8.47. The number of para-hydroxylation sites is 1. The summed E-state index contributed by atoms with van der Waals surface area (Å²) in [5.41, 5.74) is 3.23. The van der Waals surface area contributed by atoms with Gasteiger partial charge in [0.1, 0.15) is 17.7 Å². The van der Waals surface area contributed by atoms with E-state index in [0.29, 0.717) is 57.7 Å². The number of hydrogen-bond donors (Lipinski definition) is 2. The zero-order valence-electron chi connectivity index (χ0n) is 20.3. The van der Waals surface area contributed by atoms with Crippen molar-refractivity contribution in [3.05, 3.63) is 59.9 Å². The minimum atomic E-state index is -1.11. The fraction of sp³-hybridized carbons (Fsp3) is 0.462.